The molecule has 2 fully saturated rings. The summed E-state index contributed by atoms with van der Waals surface area (Å²) in [6, 6.07) is 8.32. The predicted octanol–water partition coefficient (Wildman–Crippen LogP) is 3.37. The number of ether oxygens (including phenoxy) is 2. The molecule has 1 amide bonds. The number of nitrogens with zero attached hydrogens (tertiary/aromatic N) is 3. The Labute approximate surface area is 223 Å². The van der Waals surface area contributed by atoms with Crippen molar-refractivity contribution in [3.8, 4) is 17.3 Å². The number of amides is 1. The molecule has 12 nitrogen and oxygen atoms in total. The minimum absolute atomic E-state index is 0.0188. The lowest BCUT2D eigenvalue weighted by molar-refractivity contribution is -0.385. The Morgan fingerprint density at radius 3 is 2.72 bits per heavy atom. The van der Waals surface area contributed by atoms with Crippen LogP contribution in [0.15, 0.2) is 47.4 Å². The van der Waals surface area contributed by atoms with Crippen LogP contribution >= 0.6 is 0 Å². The number of nitro groups is 1. The summed E-state index contributed by atoms with van der Waals surface area (Å²) in [5.74, 6) is -1.36. The van der Waals surface area contributed by atoms with Crippen LogP contribution in [0.25, 0.3) is 5.69 Å². The Hall–Kier alpha value is -3.88. The number of sulfonamides is 1. The van der Waals surface area contributed by atoms with Crippen molar-refractivity contribution in [1.29, 1.82) is 0 Å². The van der Waals surface area contributed by atoms with Gasteiger partial charge in [0.1, 0.15) is 16.5 Å². The van der Waals surface area contributed by atoms with Crippen LogP contribution in [-0.2, 0) is 14.8 Å². The molecule has 0 radical (unpaired) electrons. The summed E-state index contributed by atoms with van der Waals surface area (Å²) in [4.78, 5) is 23.3. The molecule has 0 unspecified atom stereocenters. The molecule has 0 bridgehead atoms. The molecule has 206 valence electrons. The van der Waals surface area contributed by atoms with E-state index in [9.17, 15) is 27.7 Å². The number of carbonyl (C=O) groups excluding carboxylic acids is 1. The summed E-state index contributed by atoms with van der Waals surface area (Å²) < 4.78 is 55.6. The third-order valence-electron chi connectivity index (χ3n) is 6.38. The van der Waals surface area contributed by atoms with Crippen molar-refractivity contribution in [2.24, 2.45) is 0 Å². The third-order valence-corrected chi connectivity index (χ3v) is 7.93. The second-order valence-electron chi connectivity index (χ2n) is 9.40. The number of halogens is 1. The van der Waals surface area contributed by atoms with Gasteiger partial charge in [0, 0.05) is 36.9 Å². The SMILES string of the molecule is Cc1c(C(=O)NC[C@@H]2CCCO2)nn(-c2cccc(F)c2)c1Oc1ccc([N+](=O)[O-])cc1S(=O)(=O)NC1CC1. The zero-order chi connectivity index (χ0) is 27.7. The molecule has 1 saturated heterocycles. The summed E-state index contributed by atoms with van der Waals surface area (Å²) in [6.07, 6.45) is 2.92. The van der Waals surface area contributed by atoms with Crippen LogP contribution < -0.4 is 14.8 Å². The zero-order valence-electron chi connectivity index (χ0n) is 20.9. The third kappa shape index (κ3) is 5.92. The second-order valence-corrected chi connectivity index (χ2v) is 11.1. The van der Waals surface area contributed by atoms with Gasteiger partial charge in [0.2, 0.25) is 15.9 Å². The molecule has 5 rings (SSSR count). The van der Waals surface area contributed by atoms with Crippen LogP contribution in [0, 0.1) is 22.9 Å². The van der Waals surface area contributed by atoms with Crippen LogP contribution in [0.4, 0.5) is 10.1 Å². The van der Waals surface area contributed by atoms with Gasteiger partial charge in [0.15, 0.2) is 5.69 Å². The van der Waals surface area contributed by atoms with E-state index >= 15 is 0 Å². The van der Waals surface area contributed by atoms with Gasteiger partial charge in [-0.05, 0) is 56.9 Å². The van der Waals surface area contributed by atoms with Crippen molar-refractivity contribution in [3.63, 3.8) is 0 Å². The Bertz CT molecular complexity index is 1530. The van der Waals surface area contributed by atoms with Crippen molar-refractivity contribution in [2.75, 3.05) is 13.2 Å². The lowest BCUT2D eigenvalue weighted by atomic mass is 10.2. The Balaban J connectivity index is 1.56. The summed E-state index contributed by atoms with van der Waals surface area (Å²) in [7, 11) is -4.19. The van der Waals surface area contributed by atoms with Gasteiger partial charge in [0.25, 0.3) is 11.6 Å². The average molecular weight is 560 g/mol. The lowest BCUT2D eigenvalue weighted by Crippen LogP contribution is -2.32. The molecule has 3 aromatic rings. The van der Waals surface area contributed by atoms with E-state index in [4.69, 9.17) is 9.47 Å². The van der Waals surface area contributed by atoms with Gasteiger partial charge in [-0.1, -0.05) is 6.07 Å². The maximum Gasteiger partial charge on any atom is 0.272 e. The molecule has 1 atom stereocenters. The maximum atomic E-state index is 14.1. The normalized spacial score (nSPS) is 17.2. The van der Waals surface area contributed by atoms with Gasteiger partial charge in [-0.3, -0.25) is 14.9 Å². The Morgan fingerprint density at radius 1 is 1.26 bits per heavy atom. The van der Waals surface area contributed by atoms with E-state index in [1.54, 1.807) is 13.0 Å². The first-order valence-electron chi connectivity index (χ1n) is 12.4. The van der Waals surface area contributed by atoms with E-state index in [-0.39, 0.29) is 47.3 Å². The average Bonchev–Trinajstić information content (AvgIpc) is 3.42. The number of rotatable bonds is 10. The first-order valence-corrected chi connectivity index (χ1v) is 13.8. The maximum absolute atomic E-state index is 14.1. The fraction of sp³-hybridized carbons (Fsp3) is 0.360. The zero-order valence-corrected chi connectivity index (χ0v) is 21.7. The molecule has 14 heteroatoms. The molecule has 2 heterocycles. The quantitative estimate of drug-likeness (QED) is 0.283. The van der Waals surface area contributed by atoms with E-state index in [0.29, 0.717) is 19.4 Å². The first kappa shape index (κ1) is 26.7. The minimum atomic E-state index is -4.19. The standard InChI is InChI=1S/C25H26FN5O7S/c1-15-23(24(32)27-14-20-6-3-11-37-20)28-30(18-5-2-4-16(26)12-18)25(15)38-21-10-9-19(31(33)34)13-22(21)39(35,36)29-17-7-8-17/h2,4-5,9-10,12-13,17,20,29H,3,6-8,11,14H2,1H3,(H,27,32)/t20-/m0/s1. The van der Waals surface area contributed by atoms with E-state index in [1.165, 1.54) is 28.9 Å². The largest absolute Gasteiger partial charge is 0.437 e. The molecule has 1 aliphatic heterocycles. The van der Waals surface area contributed by atoms with Crippen LogP contribution in [-0.4, -0.2) is 54.3 Å². The number of nitrogens with one attached hydrogen (secondary N) is 2. The van der Waals surface area contributed by atoms with Gasteiger partial charge in [-0.25, -0.2) is 17.5 Å². The highest BCUT2D eigenvalue weighted by atomic mass is 32.2. The number of carbonyl (C=O) groups is 1. The molecule has 2 aliphatic rings. The monoisotopic (exact) mass is 559 g/mol. The van der Waals surface area contributed by atoms with Gasteiger partial charge < -0.3 is 14.8 Å². The molecule has 2 N–H and O–H groups in total. The number of hydrogen-bond acceptors (Lipinski definition) is 8. The molecule has 0 spiro atoms. The highest BCUT2D eigenvalue weighted by Crippen LogP contribution is 2.36. The van der Waals surface area contributed by atoms with Gasteiger partial charge in [-0.15, -0.1) is 0 Å². The molecule has 1 aromatic heterocycles. The lowest BCUT2D eigenvalue weighted by Gasteiger charge is -2.14. The van der Waals surface area contributed by atoms with Gasteiger partial charge in [0.05, 0.1) is 16.7 Å². The van der Waals surface area contributed by atoms with Crippen molar-refractivity contribution < 1.29 is 32.0 Å². The van der Waals surface area contributed by atoms with E-state index in [2.05, 4.69) is 15.1 Å². The van der Waals surface area contributed by atoms with Crippen molar-refractivity contribution in [3.05, 3.63) is 69.7 Å². The number of hydrogen-bond donors (Lipinski definition) is 2. The van der Waals surface area contributed by atoms with Crippen LogP contribution in [0.2, 0.25) is 0 Å². The molecule has 39 heavy (non-hydrogen) atoms. The second kappa shape index (κ2) is 10.7. The highest BCUT2D eigenvalue weighted by molar-refractivity contribution is 7.89. The summed E-state index contributed by atoms with van der Waals surface area (Å²) in [5.41, 5.74) is 0.00687. The molecule has 2 aromatic carbocycles. The minimum Gasteiger partial charge on any atom is -0.437 e. The van der Waals surface area contributed by atoms with Crippen LogP contribution in [0.5, 0.6) is 11.6 Å². The molecular formula is C25H26FN5O7S. The van der Waals surface area contributed by atoms with Crippen LogP contribution in [0.1, 0.15) is 41.7 Å². The predicted molar refractivity (Wildman–Crippen MR) is 136 cm³/mol. The fourth-order valence-corrected chi connectivity index (χ4v) is 5.64. The molecule has 1 aliphatic carbocycles. The van der Waals surface area contributed by atoms with Crippen LogP contribution in [0.3, 0.4) is 0 Å². The molecule has 1 saturated carbocycles. The number of benzene rings is 2. The fourth-order valence-electron chi connectivity index (χ4n) is 4.19. The van der Waals surface area contributed by atoms with E-state index in [0.717, 1.165) is 25.0 Å². The smallest absolute Gasteiger partial charge is 0.272 e. The number of nitro benzene ring substituents is 1. The summed E-state index contributed by atoms with van der Waals surface area (Å²) in [5, 5.41) is 18.5. The summed E-state index contributed by atoms with van der Waals surface area (Å²) in [6.45, 7) is 2.46. The van der Waals surface area contributed by atoms with E-state index in [1.807, 2.05) is 0 Å². The molecular weight excluding hydrogens is 533 g/mol. The van der Waals surface area contributed by atoms with Gasteiger partial charge >= 0.3 is 0 Å². The highest BCUT2D eigenvalue weighted by Gasteiger charge is 2.32. The summed E-state index contributed by atoms with van der Waals surface area (Å²) >= 11 is 0. The topological polar surface area (TPSA) is 155 Å². The van der Waals surface area contributed by atoms with Crippen molar-refractivity contribution >= 4 is 21.6 Å². The van der Waals surface area contributed by atoms with Crippen molar-refractivity contribution in [2.45, 2.75) is 49.6 Å². The van der Waals surface area contributed by atoms with E-state index < -0.39 is 37.3 Å². The van der Waals surface area contributed by atoms with Crippen molar-refractivity contribution in [1.82, 2.24) is 19.8 Å². The number of aromatic nitrogens is 2. The Morgan fingerprint density at radius 2 is 2.05 bits per heavy atom. The number of non-ortho nitro benzene ring substituents is 1. The van der Waals surface area contributed by atoms with Gasteiger partial charge in [-0.2, -0.15) is 9.78 Å². The first-order chi connectivity index (χ1) is 18.6. The Kier molecular flexibility index (Phi) is 7.34.